The van der Waals surface area contributed by atoms with Gasteiger partial charge in [-0.2, -0.15) is 0 Å². The molecule has 1 saturated heterocycles. The molecule has 1 fully saturated rings. The summed E-state index contributed by atoms with van der Waals surface area (Å²) in [6, 6.07) is 12.2. The van der Waals surface area contributed by atoms with Crippen molar-refractivity contribution in [3.8, 4) is 5.75 Å². The van der Waals surface area contributed by atoms with Crippen molar-refractivity contribution in [1.82, 2.24) is 9.88 Å². The number of aromatic nitrogens is 1. The number of likely N-dealkylation sites (tertiary alicyclic amines) is 1. The number of para-hydroxylation sites is 1. The van der Waals surface area contributed by atoms with Crippen LogP contribution in [-0.4, -0.2) is 40.3 Å². The molecule has 166 valence electrons. The third kappa shape index (κ3) is 3.60. The Morgan fingerprint density at radius 2 is 1.97 bits per heavy atom. The van der Waals surface area contributed by atoms with Crippen molar-refractivity contribution in [2.75, 3.05) is 13.7 Å². The number of methoxy groups -OCH3 is 1. The fourth-order valence-electron chi connectivity index (χ4n) is 4.36. The number of aromatic amines is 1. The van der Waals surface area contributed by atoms with Gasteiger partial charge in [-0.25, -0.2) is 0 Å². The Balaban J connectivity index is 1.95. The SMILES string of the molecule is CCCCN1C(=O)C(=O)/C(=C(/O)c2ccc(OC)c(Br)c2)C1c1c(C)[nH]c2ccccc12. The monoisotopic (exact) mass is 496 g/mol. The fraction of sp³-hybridized carbons (Fsp3) is 0.280. The number of carbonyl (C=O) groups is 2. The summed E-state index contributed by atoms with van der Waals surface area (Å²) in [5, 5.41) is 12.2. The van der Waals surface area contributed by atoms with E-state index in [1.165, 1.54) is 0 Å². The number of Topliss-reactive ketones (excluding diaryl/α,β-unsaturated/α-hetero) is 1. The number of benzene rings is 2. The van der Waals surface area contributed by atoms with Crippen molar-refractivity contribution < 1.29 is 19.4 Å². The molecule has 6 nitrogen and oxygen atoms in total. The second kappa shape index (κ2) is 8.82. The third-order valence-electron chi connectivity index (χ3n) is 5.93. The van der Waals surface area contributed by atoms with E-state index >= 15 is 0 Å². The number of nitrogens with zero attached hydrogens (tertiary/aromatic N) is 1. The Morgan fingerprint density at radius 1 is 1.22 bits per heavy atom. The van der Waals surface area contributed by atoms with Crippen LogP contribution in [0.2, 0.25) is 0 Å². The molecule has 2 heterocycles. The maximum absolute atomic E-state index is 13.2. The van der Waals surface area contributed by atoms with E-state index in [9.17, 15) is 14.7 Å². The Hall–Kier alpha value is -3.06. The molecule has 1 aromatic heterocycles. The molecule has 7 heteroatoms. The number of ether oxygens (including phenoxy) is 1. The number of halogens is 1. The molecule has 4 rings (SSSR count). The van der Waals surface area contributed by atoms with Crippen LogP contribution in [0.4, 0.5) is 0 Å². The lowest BCUT2D eigenvalue weighted by atomic mass is 9.93. The van der Waals surface area contributed by atoms with Crippen molar-refractivity contribution in [1.29, 1.82) is 0 Å². The molecule has 0 bridgehead atoms. The van der Waals surface area contributed by atoms with E-state index in [1.54, 1.807) is 30.2 Å². The minimum atomic E-state index is -0.668. The Bertz CT molecular complexity index is 1240. The van der Waals surface area contributed by atoms with E-state index in [2.05, 4.69) is 20.9 Å². The first-order valence-corrected chi connectivity index (χ1v) is 11.4. The molecule has 0 spiro atoms. The molecule has 1 atom stereocenters. The molecule has 1 aliphatic heterocycles. The highest BCUT2D eigenvalue weighted by molar-refractivity contribution is 9.10. The normalized spacial score (nSPS) is 18.0. The van der Waals surface area contributed by atoms with Gasteiger partial charge >= 0.3 is 0 Å². The average molecular weight is 497 g/mol. The van der Waals surface area contributed by atoms with Crippen molar-refractivity contribution in [3.05, 3.63) is 69.3 Å². The number of unbranched alkanes of at least 4 members (excludes halogenated alkanes) is 1. The van der Waals surface area contributed by atoms with Gasteiger partial charge in [0, 0.05) is 34.3 Å². The number of ketones is 1. The molecule has 1 unspecified atom stereocenters. The zero-order chi connectivity index (χ0) is 23.0. The summed E-state index contributed by atoms with van der Waals surface area (Å²) in [7, 11) is 1.55. The number of H-pyrrole nitrogens is 1. The number of aliphatic hydroxyl groups excluding tert-OH is 1. The maximum atomic E-state index is 13.2. The van der Waals surface area contributed by atoms with Crippen molar-refractivity contribution in [2.45, 2.75) is 32.7 Å². The van der Waals surface area contributed by atoms with E-state index in [-0.39, 0.29) is 11.3 Å². The number of carbonyl (C=O) groups excluding carboxylic acids is 2. The first kappa shape index (κ1) is 22.1. The average Bonchev–Trinajstić information content (AvgIpc) is 3.24. The molecule has 0 aliphatic carbocycles. The lowest BCUT2D eigenvalue weighted by molar-refractivity contribution is -0.139. The maximum Gasteiger partial charge on any atom is 0.295 e. The second-order valence-electron chi connectivity index (χ2n) is 7.90. The summed E-state index contributed by atoms with van der Waals surface area (Å²) < 4.78 is 5.91. The lowest BCUT2D eigenvalue weighted by Crippen LogP contribution is -2.30. The minimum absolute atomic E-state index is 0.107. The van der Waals surface area contributed by atoms with Gasteiger partial charge in [-0.1, -0.05) is 31.5 Å². The van der Waals surface area contributed by atoms with Crippen LogP contribution in [0.5, 0.6) is 5.75 Å². The Kier molecular flexibility index (Phi) is 6.11. The molecule has 1 amide bonds. The van der Waals surface area contributed by atoms with Gasteiger partial charge in [-0.05, 0) is 53.5 Å². The van der Waals surface area contributed by atoms with Crippen LogP contribution in [0, 0.1) is 6.92 Å². The van der Waals surface area contributed by atoms with Gasteiger partial charge in [0.05, 0.1) is 23.2 Å². The van der Waals surface area contributed by atoms with E-state index < -0.39 is 17.7 Å². The number of aryl methyl sites for hydroxylation is 1. The molecule has 0 saturated carbocycles. The fourth-order valence-corrected chi connectivity index (χ4v) is 4.90. The summed E-state index contributed by atoms with van der Waals surface area (Å²) in [6.45, 7) is 4.41. The van der Waals surface area contributed by atoms with Crippen LogP contribution in [0.3, 0.4) is 0 Å². The smallest absolute Gasteiger partial charge is 0.295 e. The van der Waals surface area contributed by atoms with Crippen LogP contribution in [0.15, 0.2) is 52.5 Å². The summed E-state index contributed by atoms with van der Waals surface area (Å²) in [4.78, 5) is 31.2. The molecule has 32 heavy (non-hydrogen) atoms. The van der Waals surface area contributed by atoms with Gasteiger partial charge in [0.25, 0.3) is 11.7 Å². The summed E-state index contributed by atoms with van der Waals surface area (Å²) in [5.74, 6) is -0.836. The topological polar surface area (TPSA) is 82.6 Å². The van der Waals surface area contributed by atoms with E-state index in [0.29, 0.717) is 22.3 Å². The lowest BCUT2D eigenvalue weighted by Gasteiger charge is -2.25. The molecule has 0 radical (unpaired) electrons. The van der Waals surface area contributed by atoms with Gasteiger partial charge in [0.15, 0.2) is 0 Å². The van der Waals surface area contributed by atoms with Crippen molar-refractivity contribution in [3.63, 3.8) is 0 Å². The largest absolute Gasteiger partial charge is 0.507 e. The van der Waals surface area contributed by atoms with Crippen molar-refractivity contribution in [2.24, 2.45) is 0 Å². The van der Waals surface area contributed by atoms with Crippen LogP contribution in [0.1, 0.15) is 42.6 Å². The highest BCUT2D eigenvalue weighted by Crippen LogP contribution is 2.44. The van der Waals surface area contributed by atoms with Gasteiger partial charge in [0.2, 0.25) is 0 Å². The number of hydrogen-bond donors (Lipinski definition) is 2. The van der Waals surface area contributed by atoms with E-state index in [4.69, 9.17) is 4.74 Å². The summed E-state index contributed by atoms with van der Waals surface area (Å²) in [6.07, 6.45) is 1.65. The molecular formula is C25H25BrN2O4. The molecule has 3 aromatic rings. The van der Waals surface area contributed by atoms with Crippen LogP contribution >= 0.6 is 15.9 Å². The van der Waals surface area contributed by atoms with Crippen molar-refractivity contribution >= 4 is 44.3 Å². The number of fused-ring (bicyclic) bond motifs is 1. The number of amides is 1. The quantitative estimate of drug-likeness (QED) is 0.269. The highest BCUT2D eigenvalue weighted by Gasteiger charge is 2.47. The standard InChI is InChI=1S/C25H25BrN2O4/c1-4-5-12-28-22(20-14(2)27-18-9-7-6-8-16(18)20)21(24(30)25(28)31)23(29)15-10-11-19(32-3)17(26)13-15/h6-11,13,22,27,29H,4-5,12H2,1-3H3/b23-21+. The van der Waals surface area contributed by atoms with Crippen LogP contribution < -0.4 is 4.74 Å². The number of aliphatic hydroxyl groups is 1. The zero-order valence-electron chi connectivity index (χ0n) is 18.2. The number of rotatable bonds is 6. The number of nitrogens with one attached hydrogen (secondary N) is 1. The first-order chi connectivity index (χ1) is 15.4. The Labute approximate surface area is 195 Å². The van der Waals surface area contributed by atoms with Gasteiger partial charge in [-0.15, -0.1) is 0 Å². The van der Waals surface area contributed by atoms with Crippen LogP contribution in [0.25, 0.3) is 16.7 Å². The molecule has 1 aliphatic rings. The molecule has 2 aromatic carbocycles. The minimum Gasteiger partial charge on any atom is -0.507 e. The van der Waals surface area contributed by atoms with E-state index in [0.717, 1.165) is 35.0 Å². The van der Waals surface area contributed by atoms with Gasteiger partial charge in [0.1, 0.15) is 11.5 Å². The second-order valence-corrected chi connectivity index (χ2v) is 8.76. The van der Waals surface area contributed by atoms with Gasteiger partial charge < -0.3 is 19.7 Å². The Morgan fingerprint density at radius 3 is 2.66 bits per heavy atom. The zero-order valence-corrected chi connectivity index (χ0v) is 19.8. The van der Waals surface area contributed by atoms with Gasteiger partial charge in [-0.3, -0.25) is 9.59 Å². The summed E-state index contributed by atoms with van der Waals surface area (Å²) >= 11 is 3.43. The highest BCUT2D eigenvalue weighted by atomic mass is 79.9. The van der Waals surface area contributed by atoms with E-state index in [1.807, 2.05) is 38.1 Å². The first-order valence-electron chi connectivity index (χ1n) is 10.6. The molecular weight excluding hydrogens is 472 g/mol. The van der Waals surface area contributed by atoms with Crippen LogP contribution in [-0.2, 0) is 9.59 Å². The molecule has 2 N–H and O–H groups in total. The predicted molar refractivity (Wildman–Crippen MR) is 128 cm³/mol. The summed E-state index contributed by atoms with van der Waals surface area (Å²) in [5.41, 5.74) is 3.17. The number of hydrogen-bond acceptors (Lipinski definition) is 4. The third-order valence-corrected chi connectivity index (χ3v) is 6.55. The predicted octanol–water partition coefficient (Wildman–Crippen LogP) is 5.47.